The summed E-state index contributed by atoms with van der Waals surface area (Å²) in [6.45, 7) is 1.98. The van der Waals surface area contributed by atoms with E-state index in [-0.39, 0.29) is 16.4 Å². The summed E-state index contributed by atoms with van der Waals surface area (Å²) in [5.74, 6) is -2.36. The molecule has 1 N–H and O–H groups in total. The molecule has 2 aromatic rings. The molecule has 0 saturated carbocycles. The molecule has 1 amide bonds. The van der Waals surface area contributed by atoms with E-state index in [0.717, 1.165) is 23.5 Å². The van der Waals surface area contributed by atoms with Crippen molar-refractivity contribution in [1.29, 1.82) is 0 Å². The van der Waals surface area contributed by atoms with Gasteiger partial charge in [0.2, 0.25) is 15.0 Å². The predicted octanol–water partition coefficient (Wildman–Crippen LogP) is 2.56. The van der Waals surface area contributed by atoms with Crippen LogP contribution >= 0.6 is 11.3 Å². The van der Waals surface area contributed by atoms with Gasteiger partial charge in [0.1, 0.15) is 16.6 Å². The Morgan fingerprint density at radius 2 is 2.15 bits per heavy atom. The molecular formula is C15H16F2N4O3S2. The number of halogens is 2. The number of hydrogen-bond acceptors (Lipinski definition) is 6. The Morgan fingerprint density at radius 1 is 1.38 bits per heavy atom. The highest BCUT2D eigenvalue weighted by Gasteiger charge is 2.36. The van der Waals surface area contributed by atoms with Gasteiger partial charge in [0.05, 0.1) is 17.5 Å². The van der Waals surface area contributed by atoms with Gasteiger partial charge in [-0.3, -0.25) is 4.79 Å². The third-order valence-electron chi connectivity index (χ3n) is 4.03. The Balaban J connectivity index is 1.78. The van der Waals surface area contributed by atoms with E-state index in [4.69, 9.17) is 0 Å². The lowest BCUT2D eigenvalue weighted by molar-refractivity contribution is 0.102. The van der Waals surface area contributed by atoms with Crippen molar-refractivity contribution in [3.8, 4) is 0 Å². The van der Waals surface area contributed by atoms with Crippen LogP contribution in [0.3, 0.4) is 0 Å². The van der Waals surface area contributed by atoms with Gasteiger partial charge in [0, 0.05) is 12.6 Å². The van der Waals surface area contributed by atoms with Crippen LogP contribution in [0.2, 0.25) is 0 Å². The van der Waals surface area contributed by atoms with E-state index in [1.54, 1.807) is 6.92 Å². The van der Waals surface area contributed by atoms with Crippen molar-refractivity contribution in [2.45, 2.75) is 25.8 Å². The SMILES string of the molecule is CCS(=O)(=O)N1CCC[C@H]1c1nnc(C(=O)Nc2ccc(F)cc2F)s1. The van der Waals surface area contributed by atoms with Crippen molar-refractivity contribution in [3.63, 3.8) is 0 Å². The van der Waals surface area contributed by atoms with Crippen LogP contribution in [-0.4, -0.2) is 41.1 Å². The monoisotopic (exact) mass is 402 g/mol. The second-order valence-corrected chi connectivity index (χ2v) is 8.91. The fourth-order valence-corrected chi connectivity index (χ4v) is 5.00. The van der Waals surface area contributed by atoms with Crippen molar-refractivity contribution in [3.05, 3.63) is 39.8 Å². The van der Waals surface area contributed by atoms with Gasteiger partial charge in [-0.05, 0) is 31.9 Å². The van der Waals surface area contributed by atoms with Gasteiger partial charge in [-0.2, -0.15) is 4.31 Å². The molecule has 7 nitrogen and oxygen atoms in total. The smallest absolute Gasteiger partial charge is 0.286 e. The fraction of sp³-hybridized carbons (Fsp3) is 0.400. The zero-order valence-electron chi connectivity index (χ0n) is 13.8. The van der Waals surface area contributed by atoms with E-state index in [1.807, 2.05) is 0 Å². The molecule has 26 heavy (non-hydrogen) atoms. The maximum absolute atomic E-state index is 13.6. The first kappa shape index (κ1) is 18.8. The lowest BCUT2D eigenvalue weighted by Crippen LogP contribution is -2.31. The summed E-state index contributed by atoms with van der Waals surface area (Å²) in [5.41, 5.74) is -0.177. The molecule has 11 heteroatoms. The number of anilines is 1. The number of carbonyl (C=O) groups excluding carboxylic acids is 1. The molecule has 1 aromatic carbocycles. The summed E-state index contributed by atoms with van der Waals surface area (Å²) in [6, 6.07) is 2.35. The molecule has 0 aliphatic carbocycles. The molecule has 0 bridgehead atoms. The van der Waals surface area contributed by atoms with Crippen LogP contribution in [0, 0.1) is 11.6 Å². The number of nitrogens with zero attached hydrogens (tertiary/aromatic N) is 3. The molecule has 0 spiro atoms. The fourth-order valence-electron chi connectivity index (χ4n) is 2.71. The van der Waals surface area contributed by atoms with Crippen LogP contribution in [0.4, 0.5) is 14.5 Å². The summed E-state index contributed by atoms with van der Waals surface area (Å²) < 4.78 is 52.3. The standard InChI is InChI=1S/C15H16F2N4O3S2/c1-2-26(23,24)21-7-3-4-12(21)14-19-20-15(25-14)13(22)18-11-6-5-9(16)8-10(11)17/h5-6,8,12H,2-4,7H2,1H3,(H,18,22)/t12-/m0/s1. The Labute approximate surface area is 153 Å². The number of sulfonamides is 1. The average molecular weight is 402 g/mol. The van der Waals surface area contributed by atoms with Gasteiger partial charge in [-0.15, -0.1) is 10.2 Å². The van der Waals surface area contributed by atoms with E-state index in [1.165, 1.54) is 4.31 Å². The van der Waals surface area contributed by atoms with Crippen molar-refractivity contribution in [1.82, 2.24) is 14.5 Å². The van der Waals surface area contributed by atoms with Crippen molar-refractivity contribution in [2.75, 3.05) is 17.6 Å². The van der Waals surface area contributed by atoms with Gasteiger partial charge in [-0.25, -0.2) is 17.2 Å². The first-order valence-electron chi connectivity index (χ1n) is 7.91. The minimum absolute atomic E-state index is 0.0144. The molecular weight excluding hydrogens is 386 g/mol. The number of benzene rings is 1. The summed E-state index contributed by atoms with van der Waals surface area (Å²) >= 11 is 0.960. The Morgan fingerprint density at radius 3 is 2.85 bits per heavy atom. The third kappa shape index (κ3) is 3.74. The highest BCUT2D eigenvalue weighted by molar-refractivity contribution is 7.89. The molecule has 1 atom stereocenters. The van der Waals surface area contributed by atoms with Crippen LogP contribution in [0.25, 0.3) is 0 Å². The van der Waals surface area contributed by atoms with Crippen LogP contribution < -0.4 is 5.32 Å². The lowest BCUT2D eigenvalue weighted by atomic mass is 10.2. The largest absolute Gasteiger partial charge is 0.317 e. The molecule has 1 saturated heterocycles. The maximum Gasteiger partial charge on any atom is 0.286 e. The first-order chi connectivity index (χ1) is 12.3. The molecule has 1 aliphatic rings. The highest BCUT2D eigenvalue weighted by atomic mass is 32.2. The van der Waals surface area contributed by atoms with E-state index >= 15 is 0 Å². The number of aromatic nitrogens is 2. The summed E-state index contributed by atoms with van der Waals surface area (Å²) in [5, 5.41) is 10.4. The Kier molecular flexibility index (Phi) is 5.30. The minimum atomic E-state index is -3.38. The Bertz CT molecular complexity index is 933. The normalized spacial score (nSPS) is 18.2. The molecule has 0 radical (unpaired) electrons. The lowest BCUT2D eigenvalue weighted by Gasteiger charge is -2.21. The van der Waals surface area contributed by atoms with E-state index in [2.05, 4.69) is 15.5 Å². The van der Waals surface area contributed by atoms with Crippen LogP contribution in [0.5, 0.6) is 0 Å². The summed E-state index contributed by atoms with van der Waals surface area (Å²) in [7, 11) is -3.38. The molecule has 3 rings (SSSR count). The van der Waals surface area contributed by atoms with Crippen molar-refractivity contribution >= 4 is 33.0 Å². The highest BCUT2D eigenvalue weighted by Crippen LogP contribution is 2.35. The first-order valence-corrected chi connectivity index (χ1v) is 10.3. The van der Waals surface area contributed by atoms with Gasteiger partial charge in [0.25, 0.3) is 5.91 Å². The van der Waals surface area contributed by atoms with Crippen LogP contribution in [0.15, 0.2) is 18.2 Å². The minimum Gasteiger partial charge on any atom is -0.317 e. The van der Waals surface area contributed by atoms with Gasteiger partial charge >= 0.3 is 0 Å². The van der Waals surface area contributed by atoms with Gasteiger partial charge in [-0.1, -0.05) is 11.3 Å². The van der Waals surface area contributed by atoms with E-state index < -0.39 is 33.6 Å². The molecule has 1 fully saturated rings. The van der Waals surface area contributed by atoms with Crippen LogP contribution in [-0.2, 0) is 10.0 Å². The number of carbonyl (C=O) groups is 1. The Hall–Kier alpha value is -1.98. The topological polar surface area (TPSA) is 92.3 Å². The third-order valence-corrected chi connectivity index (χ3v) is 6.93. The van der Waals surface area contributed by atoms with Crippen molar-refractivity contribution < 1.29 is 22.0 Å². The molecule has 1 aliphatic heterocycles. The van der Waals surface area contributed by atoms with E-state index in [0.29, 0.717) is 30.5 Å². The molecule has 140 valence electrons. The quantitative estimate of drug-likeness (QED) is 0.830. The zero-order chi connectivity index (χ0) is 18.9. The second kappa shape index (κ2) is 7.33. The maximum atomic E-state index is 13.6. The molecule has 2 heterocycles. The second-order valence-electron chi connectivity index (χ2n) is 5.69. The van der Waals surface area contributed by atoms with Gasteiger partial charge in [0.15, 0.2) is 0 Å². The molecule has 0 unspecified atom stereocenters. The van der Waals surface area contributed by atoms with Gasteiger partial charge < -0.3 is 5.32 Å². The van der Waals surface area contributed by atoms with Crippen molar-refractivity contribution in [2.24, 2.45) is 0 Å². The number of nitrogens with one attached hydrogen (secondary N) is 1. The predicted molar refractivity (Wildman–Crippen MR) is 92.4 cm³/mol. The number of rotatable bonds is 5. The summed E-state index contributed by atoms with van der Waals surface area (Å²) in [6.07, 6.45) is 1.30. The average Bonchev–Trinajstić information content (AvgIpc) is 3.26. The molecule has 1 aromatic heterocycles. The zero-order valence-corrected chi connectivity index (χ0v) is 15.4. The van der Waals surface area contributed by atoms with E-state index in [9.17, 15) is 22.0 Å². The number of amides is 1. The number of hydrogen-bond donors (Lipinski definition) is 1. The summed E-state index contributed by atoms with van der Waals surface area (Å²) in [4.78, 5) is 12.2. The van der Waals surface area contributed by atoms with Crippen LogP contribution in [0.1, 0.15) is 40.6 Å².